The Hall–Kier alpha value is -0.120. The van der Waals surface area contributed by atoms with Crippen molar-refractivity contribution in [2.24, 2.45) is 22.7 Å². The maximum absolute atomic E-state index is 10.4. The summed E-state index contributed by atoms with van der Waals surface area (Å²) in [5.74, 6) is 0.991. The van der Waals surface area contributed by atoms with Gasteiger partial charge in [0.15, 0.2) is 0 Å². The Balaban J connectivity index is 1.99. The van der Waals surface area contributed by atoms with Crippen molar-refractivity contribution in [3.8, 4) is 0 Å². The molecule has 1 aliphatic heterocycles. The van der Waals surface area contributed by atoms with Gasteiger partial charge in [-0.3, -0.25) is 0 Å². The maximum Gasteiger partial charge on any atom is 0.0688 e. The highest BCUT2D eigenvalue weighted by atomic mass is 16.5. The van der Waals surface area contributed by atoms with Crippen LogP contribution in [0.2, 0.25) is 0 Å². The standard InChI is InChI=1S/C16H28O3/c1-14-7-5-13(18)15(2,10-17)11(14)4-8-16(3)12(14)6-9-19-16/h11-13,17-18H,4-10H2,1-3H3/t11-,12-,13+,14+,15-,16-/m0/s1. The summed E-state index contributed by atoms with van der Waals surface area (Å²) in [7, 11) is 0. The van der Waals surface area contributed by atoms with Crippen LogP contribution in [0.3, 0.4) is 0 Å². The van der Waals surface area contributed by atoms with Gasteiger partial charge in [0.05, 0.1) is 18.3 Å². The quantitative estimate of drug-likeness (QED) is 0.767. The third-order valence-electron chi connectivity index (χ3n) is 6.95. The number of hydrogen-bond acceptors (Lipinski definition) is 3. The van der Waals surface area contributed by atoms with E-state index in [1.807, 2.05) is 0 Å². The first kappa shape index (κ1) is 13.8. The van der Waals surface area contributed by atoms with E-state index in [0.717, 1.165) is 38.7 Å². The largest absolute Gasteiger partial charge is 0.396 e. The molecular formula is C16H28O3. The van der Waals surface area contributed by atoms with E-state index in [-0.39, 0.29) is 29.1 Å². The Bertz CT molecular complexity index is 371. The third-order valence-corrected chi connectivity index (χ3v) is 6.95. The number of fused-ring (bicyclic) bond motifs is 3. The van der Waals surface area contributed by atoms with Gasteiger partial charge in [0.1, 0.15) is 0 Å². The molecule has 3 fully saturated rings. The zero-order valence-electron chi connectivity index (χ0n) is 12.5. The van der Waals surface area contributed by atoms with Gasteiger partial charge in [-0.05, 0) is 56.3 Å². The number of aliphatic hydroxyl groups is 2. The molecule has 0 aromatic heterocycles. The minimum Gasteiger partial charge on any atom is -0.396 e. The lowest BCUT2D eigenvalue weighted by atomic mass is 9.45. The average Bonchev–Trinajstić information content (AvgIpc) is 2.78. The second kappa shape index (κ2) is 4.19. The molecule has 3 heteroatoms. The van der Waals surface area contributed by atoms with E-state index in [0.29, 0.717) is 11.8 Å². The Labute approximate surface area is 116 Å². The van der Waals surface area contributed by atoms with Crippen LogP contribution in [0.1, 0.15) is 52.9 Å². The summed E-state index contributed by atoms with van der Waals surface area (Å²) >= 11 is 0. The monoisotopic (exact) mass is 268 g/mol. The van der Waals surface area contributed by atoms with Crippen LogP contribution in [0.25, 0.3) is 0 Å². The lowest BCUT2D eigenvalue weighted by Crippen LogP contribution is -2.61. The molecule has 1 heterocycles. The topological polar surface area (TPSA) is 49.7 Å². The van der Waals surface area contributed by atoms with Crippen molar-refractivity contribution in [3.63, 3.8) is 0 Å². The first-order chi connectivity index (χ1) is 8.87. The van der Waals surface area contributed by atoms with Crippen molar-refractivity contribution in [3.05, 3.63) is 0 Å². The summed E-state index contributed by atoms with van der Waals surface area (Å²) in [5.41, 5.74) is -0.0962. The Morgan fingerprint density at radius 3 is 2.47 bits per heavy atom. The van der Waals surface area contributed by atoms with E-state index in [2.05, 4.69) is 20.8 Å². The molecule has 2 aliphatic carbocycles. The van der Waals surface area contributed by atoms with Gasteiger partial charge >= 0.3 is 0 Å². The SMILES string of the molecule is C[C@]1(CO)[C@H]2CC[C@]3(C)OCC[C@H]3[C@]2(C)CC[C@H]1O. The predicted octanol–water partition coefficient (Wildman–Crippen LogP) is 2.35. The normalized spacial score (nSPS) is 57.6. The lowest BCUT2D eigenvalue weighted by molar-refractivity contribution is -0.195. The van der Waals surface area contributed by atoms with E-state index in [1.54, 1.807) is 0 Å². The second-order valence-electron chi connectivity index (χ2n) is 7.82. The van der Waals surface area contributed by atoms with Crippen molar-refractivity contribution in [1.29, 1.82) is 0 Å². The van der Waals surface area contributed by atoms with Crippen LogP contribution >= 0.6 is 0 Å². The molecule has 19 heavy (non-hydrogen) atoms. The molecule has 3 nitrogen and oxygen atoms in total. The van der Waals surface area contributed by atoms with Crippen LogP contribution in [0.4, 0.5) is 0 Å². The van der Waals surface area contributed by atoms with Crippen molar-refractivity contribution in [2.75, 3.05) is 13.2 Å². The number of hydrogen-bond donors (Lipinski definition) is 2. The molecule has 2 N–H and O–H groups in total. The maximum atomic E-state index is 10.4. The fourth-order valence-electron chi connectivity index (χ4n) is 5.75. The van der Waals surface area contributed by atoms with Crippen LogP contribution in [0.5, 0.6) is 0 Å². The van der Waals surface area contributed by atoms with Gasteiger partial charge in [-0.15, -0.1) is 0 Å². The number of aliphatic hydroxyl groups excluding tert-OH is 2. The summed E-state index contributed by atoms with van der Waals surface area (Å²) in [5, 5.41) is 20.3. The molecule has 1 saturated heterocycles. The molecule has 0 spiro atoms. The molecule has 0 unspecified atom stereocenters. The smallest absolute Gasteiger partial charge is 0.0688 e. The minimum absolute atomic E-state index is 0.0317. The molecule has 0 aromatic rings. The molecule has 3 aliphatic rings. The molecule has 6 atom stereocenters. The first-order valence-electron chi connectivity index (χ1n) is 7.80. The fourth-order valence-corrected chi connectivity index (χ4v) is 5.75. The van der Waals surface area contributed by atoms with Gasteiger partial charge in [-0.2, -0.15) is 0 Å². The van der Waals surface area contributed by atoms with Gasteiger partial charge < -0.3 is 14.9 Å². The van der Waals surface area contributed by atoms with Gasteiger partial charge in [0.25, 0.3) is 0 Å². The molecular weight excluding hydrogens is 240 g/mol. The van der Waals surface area contributed by atoms with Crippen molar-refractivity contribution in [1.82, 2.24) is 0 Å². The summed E-state index contributed by atoms with van der Waals surface area (Å²) in [6, 6.07) is 0. The lowest BCUT2D eigenvalue weighted by Gasteiger charge is -2.61. The first-order valence-corrected chi connectivity index (χ1v) is 7.80. The molecule has 2 saturated carbocycles. The second-order valence-corrected chi connectivity index (χ2v) is 7.82. The highest BCUT2D eigenvalue weighted by Crippen LogP contribution is 2.64. The Morgan fingerprint density at radius 1 is 1.05 bits per heavy atom. The van der Waals surface area contributed by atoms with Crippen LogP contribution in [0, 0.1) is 22.7 Å². The van der Waals surface area contributed by atoms with Gasteiger partial charge in [0, 0.05) is 12.0 Å². The predicted molar refractivity (Wildman–Crippen MR) is 73.7 cm³/mol. The average molecular weight is 268 g/mol. The van der Waals surface area contributed by atoms with Crippen molar-refractivity contribution in [2.45, 2.75) is 64.6 Å². The zero-order valence-corrected chi connectivity index (χ0v) is 12.5. The van der Waals surface area contributed by atoms with Crippen molar-refractivity contribution < 1.29 is 14.9 Å². The number of rotatable bonds is 1. The summed E-state index contributed by atoms with van der Waals surface area (Å²) in [6.45, 7) is 7.71. The number of ether oxygens (including phenoxy) is 1. The van der Waals surface area contributed by atoms with Crippen LogP contribution in [-0.4, -0.2) is 35.1 Å². The molecule has 0 bridgehead atoms. The minimum atomic E-state index is -0.359. The van der Waals surface area contributed by atoms with Gasteiger partial charge in [-0.25, -0.2) is 0 Å². The van der Waals surface area contributed by atoms with Crippen LogP contribution in [-0.2, 0) is 4.74 Å². The summed E-state index contributed by atoms with van der Waals surface area (Å²) < 4.78 is 6.06. The highest BCUT2D eigenvalue weighted by molar-refractivity contribution is 5.12. The van der Waals surface area contributed by atoms with Gasteiger partial charge in [0.2, 0.25) is 0 Å². The fraction of sp³-hybridized carbons (Fsp3) is 1.00. The van der Waals surface area contributed by atoms with Crippen molar-refractivity contribution >= 4 is 0 Å². The van der Waals surface area contributed by atoms with Crippen LogP contribution < -0.4 is 0 Å². The Morgan fingerprint density at radius 2 is 1.79 bits per heavy atom. The summed E-state index contributed by atoms with van der Waals surface area (Å²) in [6.07, 6.45) is 4.80. The molecule has 3 rings (SSSR count). The van der Waals surface area contributed by atoms with E-state index < -0.39 is 0 Å². The molecule has 0 radical (unpaired) electrons. The zero-order chi connectivity index (χ0) is 13.9. The molecule has 110 valence electrons. The van der Waals surface area contributed by atoms with Crippen LogP contribution in [0.15, 0.2) is 0 Å². The molecule has 0 aromatic carbocycles. The third kappa shape index (κ3) is 1.68. The van der Waals surface area contributed by atoms with E-state index >= 15 is 0 Å². The van der Waals surface area contributed by atoms with E-state index in [1.165, 1.54) is 0 Å². The van der Waals surface area contributed by atoms with E-state index in [4.69, 9.17) is 4.74 Å². The molecule has 0 amide bonds. The summed E-state index contributed by atoms with van der Waals surface area (Å²) in [4.78, 5) is 0. The van der Waals surface area contributed by atoms with E-state index in [9.17, 15) is 10.2 Å². The highest BCUT2D eigenvalue weighted by Gasteiger charge is 2.63. The Kier molecular flexibility index (Phi) is 3.05. The van der Waals surface area contributed by atoms with Gasteiger partial charge in [-0.1, -0.05) is 13.8 Å².